The lowest BCUT2D eigenvalue weighted by Gasteiger charge is -2.32. The van der Waals surface area contributed by atoms with Gasteiger partial charge in [-0.3, -0.25) is 0 Å². The Hall–Kier alpha value is -1.96. The number of nitrogens with zero attached hydrogens (tertiary/aromatic N) is 1. The topological polar surface area (TPSA) is 29.3 Å². The quantitative estimate of drug-likeness (QED) is 0.768. The van der Waals surface area contributed by atoms with E-state index in [0.717, 1.165) is 17.9 Å². The van der Waals surface area contributed by atoms with Crippen LogP contribution in [0.3, 0.4) is 0 Å². The lowest BCUT2D eigenvalue weighted by molar-refractivity contribution is 0.766. The molecule has 18 heavy (non-hydrogen) atoms. The number of benzene rings is 2. The smallest absolute Gasteiger partial charge is 0.0644 e. The summed E-state index contributed by atoms with van der Waals surface area (Å²) in [6.07, 6.45) is 2.35. The molecule has 0 aliphatic carbocycles. The molecule has 1 heterocycles. The molecule has 0 saturated carbocycles. The van der Waals surface area contributed by atoms with Gasteiger partial charge in [-0.15, -0.1) is 0 Å². The third-order valence-corrected chi connectivity index (χ3v) is 3.58. The van der Waals surface area contributed by atoms with Gasteiger partial charge in [0.1, 0.15) is 0 Å². The molecule has 0 unspecified atom stereocenters. The predicted octanol–water partition coefficient (Wildman–Crippen LogP) is 3.66. The van der Waals surface area contributed by atoms with Crippen molar-refractivity contribution < 1.29 is 0 Å². The summed E-state index contributed by atoms with van der Waals surface area (Å²) < 4.78 is 0. The SMILES string of the molecule is Cc1ccc2c(c1)CCCN2c1ccccc1N. The fraction of sp³-hybridized carbons (Fsp3) is 0.250. The van der Waals surface area contributed by atoms with Crippen LogP contribution in [-0.2, 0) is 6.42 Å². The fourth-order valence-electron chi connectivity index (χ4n) is 2.71. The monoisotopic (exact) mass is 238 g/mol. The van der Waals surface area contributed by atoms with Gasteiger partial charge in [-0.05, 0) is 43.5 Å². The maximum absolute atomic E-state index is 6.10. The second-order valence-corrected chi connectivity index (χ2v) is 4.95. The van der Waals surface area contributed by atoms with Gasteiger partial charge in [-0.2, -0.15) is 0 Å². The maximum Gasteiger partial charge on any atom is 0.0644 e. The molecule has 0 aromatic heterocycles. The summed E-state index contributed by atoms with van der Waals surface area (Å²) in [4.78, 5) is 2.34. The van der Waals surface area contributed by atoms with E-state index in [2.05, 4.69) is 36.1 Å². The number of hydrogen-bond acceptors (Lipinski definition) is 2. The molecule has 0 bridgehead atoms. The minimum atomic E-state index is 0.853. The normalized spacial score (nSPS) is 14.4. The van der Waals surface area contributed by atoms with Crippen molar-refractivity contribution in [1.29, 1.82) is 0 Å². The van der Waals surface area contributed by atoms with Crippen LogP contribution in [0.4, 0.5) is 17.1 Å². The Balaban J connectivity index is 2.09. The van der Waals surface area contributed by atoms with Crippen LogP contribution < -0.4 is 10.6 Å². The van der Waals surface area contributed by atoms with Gasteiger partial charge in [0.2, 0.25) is 0 Å². The Kier molecular flexibility index (Phi) is 2.71. The molecule has 0 saturated heterocycles. The first-order chi connectivity index (χ1) is 8.75. The number of hydrogen-bond donors (Lipinski definition) is 1. The summed E-state index contributed by atoms with van der Waals surface area (Å²) in [5.74, 6) is 0. The second-order valence-electron chi connectivity index (χ2n) is 4.95. The highest BCUT2D eigenvalue weighted by Crippen LogP contribution is 2.36. The third kappa shape index (κ3) is 1.84. The standard InChI is InChI=1S/C16H18N2/c1-12-8-9-15-13(11-12)5-4-10-18(15)16-7-3-2-6-14(16)17/h2-3,6-9,11H,4-5,10,17H2,1H3. The molecular formula is C16H18N2. The summed E-state index contributed by atoms with van der Waals surface area (Å²) in [6.45, 7) is 3.19. The minimum absolute atomic E-state index is 0.853. The number of anilines is 3. The van der Waals surface area contributed by atoms with Crippen LogP contribution >= 0.6 is 0 Å². The largest absolute Gasteiger partial charge is 0.397 e. The number of aryl methyl sites for hydroxylation is 2. The molecule has 92 valence electrons. The zero-order chi connectivity index (χ0) is 12.5. The lowest BCUT2D eigenvalue weighted by Crippen LogP contribution is -2.25. The summed E-state index contributed by atoms with van der Waals surface area (Å²) in [6, 6.07) is 14.8. The zero-order valence-corrected chi connectivity index (χ0v) is 10.7. The average Bonchev–Trinajstić information content (AvgIpc) is 2.38. The van der Waals surface area contributed by atoms with E-state index in [1.165, 1.54) is 29.7 Å². The van der Waals surface area contributed by atoms with E-state index in [-0.39, 0.29) is 0 Å². The van der Waals surface area contributed by atoms with Crippen LogP contribution in [-0.4, -0.2) is 6.54 Å². The van der Waals surface area contributed by atoms with Crippen LogP contribution in [0.15, 0.2) is 42.5 Å². The summed E-state index contributed by atoms with van der Waals surface area (Å²) >= 11 is 0. The Morgan fingerprint density at radius 3 is 2.72 bits per heavy atom. The molecule has 0 radical (unpaired) electrons. The molecule has 3 rings (SSSR count). The molecule has 0 amide bonds. The van der Waals surface area contributed by atoms with Crippen LogP contribution in [0.1, 0.15) is 17.5 Å². The van der Waals surface area contributed by atoms with Crippen molar-refractivity contribution in [1.82, 2.24) is 0 Å². The highest BCUT2D eigenvalue weighted by molar-refractivity contribution is 5.77. The van der Waals surface area contributed by atoms with E-state index in [9.17, 15) is 0 Å². The number of nitrogen functional groups attached to an aromatic ring is 1. The zero-order valence-electron chi connectivity index (χ0n) is 10.7. The Bertz CT molecular complexity index is 575. The number of rotatable bonds is 1. The van der Waals surface area contributed by atoms with Gasteiger partial charge in [0.25, 0.3) is 0 Å². The molecule has 2 N–H and O–H groups in total. The molecule has 2 aromatic carbocycles. The van der Waals surface area contributed by atoms with Crippen molar-refractivity contribution in [3.05, 3.63) is 53.6 Å². The van der Waals surface area contributed by atoms with Crippen LogP contribution in [0.25, 0.3) is 0 Å². The van der Waals surface area contributed by atoms with Gasteiger partial charge < -0.3 is 10.6 Å². The Morgan fingerprint density at radius 2 is 1.89 bits per heavy atom. The number of nitrogens with two attached hydrogens (primary N) is 1. The van der Waals surface area contributed by atoms with Gasteiger partial charge in [0.05, 0.1) is 11.4 Å². The first-order valence-corrected chi connectivity index (χ1v) is 6.47. The Labute approximate surface area is 108 Å². The van der Waals surface area contributed by atoms with Gasteiger partial charge in [0.15, 0.2) is 0 Å². The number of para-hydroxylation sites is 2. The van der Waals surface area contributed by atoms with Gasteiger partial charge in [-0.1, -0.05) is 29.8 Å². The van der Waals surface area contributed by atoms with E-state index < -0.39 is 0 Å². The molecule has 1 aliphatic rings. The van der Waals surface area contributed by atoms with Crippen LogP contribution in [0, 0.1) is 6.92 Å². The van der Waals surface area contributed by atoms with Crippen molar-refractivity contribution in [2.45, 2.75) is 19.8 Å². The van der Waals surface area contributed by atoms with Gasteiger partial charge in [-0.25, -0.2) is 0 Å². The highest BCUT2D eigenvalue weighted by atomic mass is 15.1. The van der Waals surface area contributed by atoms with Gasteiger partial charge in [0, 0.05) is 12.2 Å². The van der Waals surface area contributed by atoms with Crippen LogP contribution in [0.5, 0.6) is 0 Å². The third-order valence-electron chi connectivity index (χ3n) is 3.58. The van der Waals surface area contributed by atoms with Crippen LogP contribution in [0.2, 0.25) is 0 Å². The van der Waals surface area contributed by atoms with Crippen molar-refractivity contribution >= 4 is 17.1 Å². The van der Waals surface area contributed by atoms with E-state index in [0.29, 0.717) is 0 Å². The molecule has 2 nitrogen and oxygen atoms in total. The molecule has 2 heteroatoms. The Morgan fingerprint density at radius 1 is 1.06 bits per heavy atom. The average molecular weight is 238 g/mol. The van der Waals surface area contributed by atoms with E-state index in [1.54, 1.807) is 0 Å². The van der Waals surface area contributed by atoms with Crippen molar-refractivity contribution in [2.24, 2.45) is 0 Å². The maximum atomic E-state index is 6.10. The second kappa shape index (κ2) is 4.37. The molecule has 0 atom stereocenters. The minimum Gasteiger partial charge on any atom is -0.397 e. The summed E-state index contributed by atoms with van der Waals surface area (Å²) in [5.41, 5.74) is 12.2. The molecule has 0 spiro atoms. The van der Waals surface area contributed by atoms with E-state index >= 15 is 0 Å². The summed E-state index contributed by atoms with van der Waals surface area (Å²) in [7, 11) is 0. The van der Waals surface area contributed by atoms with Crippen molar-refractivity contribution in [3.63, 3.8) is 0 Å². The molecular weight excluding hydrogens is 220 g/mol. The predicted molar refractivity (Wildman–Crippen MR) is 77.4 cm³/mol. The van der Waals surface area contributed by atoms with Gasteiger partial charge >= 0.3 is 0 Å². The van der Waals surface area contributed by atoms with Crippen molar-refractivity contribution in [2.75, 3.05) is 17.2 Å². The first-order valence-electron chi connectivity index (χ1n) is 6.47. The number of fused-ring (bicyclic) bond motifs is 1. The van der Waals surface area contributed by atoms with E-state index in [4.69, 9.17) is 5.73 Å². The first kappa shape index (κ1) is 11.1. The molecule has 2 aromatic rings. The van der Waals surface area contributed by atoms with E-state index in [1.807, 2.05) is 18.2 Å². The lowest BCUT2D eigenvalue weighted by atomic mass is 9.99. The van der Waals surface area contributed by atoms with Crippen molar-refractivity contribution in [3.8, 4) is 0 Å². The summed E-state index contributed by atoms with van der Waals surface area (Å²) in [5, 5.41) is 0. The molecule has 1 aliphatic heterocycles. The molecule has 0 fully saturated rings. The fourth-order valence-corrected chi connectivity index (χ4v) is 2.71. The highest BCUT2D eigenvalue weighted by Gasteiger charge is 2.19.